The summed E-state index contributed by atoms with van der Waals surface area (Å²) >= 11 is 0. The van der Waals surface area contributed by atoms with Crippen LogP contribution >= 0.6 is 0 Å². The summed E-state index contributed by atoms with van der Waals surface area (Å²) in [6, 6.07) is 14.0. The number of nitrogens with zero attached hydrogens (tertiary/aromatic N) is 3. The molecule has 0 unspecified atom stereocenters. The molecule has 1 N–H and O–H groups in total. The molecule has 1 heterocycles. The smallest absolute Gasteiger partial charge is 0.226 e. The van der Waals surface area contributed by atoms with Crippen LogP contribution in [-0.4, -0.2) is 43.1 Å². The number of nitrogens with one attached hydrogen (secondary N) is 1. The topological polar surface area (TPSA) is 62.9 Å². The Kier molecular flexibility index (Phi) is 7.43. The standard InChI is InChI=1S/C23H27FN4O2/c1-4-25-23(28(2)15-18-7-5-6-8-21(18)29-3)26-14-13-20-16-30-22(27-20)17-9-11-19(24)12-10-17/h5-12,16H,4,13-15H2,1-3H3,(H,25,26). The first kappa shape index (κ1) is 21.4. The molecule has 3 rings (SSSR count). The molecule has 2 aromatic carbocycles. The van der Waals surface area contributed by atoms with Gasteiger partial charge in [-0.25, -0.2) is 9.37 Å². The van der Waals surface area contributed by atoms with Crippen LogP contribution in [0.1, 0.15) is 18.2 Å². The number of ether oxygens (including phenoxy) is 1. The van der Waals surface area contributed by atoms with Gasteiger partial charge in [-0.2, -0.15) is 0 Å². The lowest BCUT2D eigenvalue weighted by Gasteiger charge is -2.23. The minimum Gasteiger partial charge on any atom is -0.496 e. The third-order valence-corrected chi connectivity index (χ3v) is 4.57. The van der Waals surface area contributed by atoms with E-state index in [1.807, 2.05) is 38.2 Å². The predicted molar refractivity (Wildman–Crippen MR) is 116 cm³/mol. The molecule has 6 nitrogen and oxygen atoms in total. The molecule has 0 amide bonds. The molecule has 0 bridgehead atoms. The molecule has 0 saturated heterocycles. The van der Waals surface area contributed by atoms with E-state index >= 15 is 0 Å². The summed E-state index contributed by atoms with van der Waals surface area (Å²) < 4.78 is 24.0. The van der Waals surface area contributed by atoms with Gasteiger partial charge < -0.3 is 19.4 Å². The van der Waals surface area contributed by atoms with E-state index in [4.69, 9.17) is 14.1 Å². The number of halogens is 1. The average Bonchev–Trinajstić information content (AvgIpc) is 3.23. The molecule has 0 atom stereocenters. The number of hydrogen-bond donors (Lipinski definition) is 1. The summed E-state index contributed by atoms with van der Waals surface area (Å²) in [6.07, 6.45) is 2.27. The fourth-order valence-corrected chi connectivity index (χ4v) is 3.06. The largest absolute Gasteiger partial charge is 0.496 e. The third-order valence-electron chi connectivity index (χ3n) is 4.57. The Morgan fingerprint density at radius 2 is 1.97 bits per heavy atom. The van der Waals surface area contributed by atoms with Crippen molar-refractivity contribution >= 4 is 5.96 Å². The minimum absolute atomic E-state index is 0.284. The highest BCUT2D eigenvalue weighted by molar-refractivity contribution is 5.79. The van der Waals surface area contributed by atoms with Crippen molar-refractivity contribution in [3.8, 4) is 17.2 Å². The van der Waals surface area contributed by atoms with Crippen molar-refractivity contribution in [3.63, 3.8) is 0 Å². The van der Waals surface area contributed by atoms with Gasteiger partial charge in [0.1, 0.15) is 17.8 Å². The van der Waals surface area contributed by atoms with Gasteiger partial charge in [0.05, 0.1) is 12.8 Å². The molecule has 7 heteroatoms. The number of guanidine groups is 1. The summed E-state index contributed by atoms with van der Waals surface area (Å²) in [6.45, 7) is 4.05. The number of aromatic nitrogens is 1. The molecule has 0 spiro atoms. The SMILES string of the molecule is CCNC(=NCCc1coc(-c2ccc(F)cc2)n1)N(C)Cc1ccccc1OC. The maximum atomic E-state index is 13.1. The zero-order valence-corrected chi connectivity index (χ0v) is 17.6. The molecule has 0 saturated carbocycles. The van der Waals surface area contributed by atoms with E-state index in [0.29, 0.717) is 25.4 Å². The third kappa shape index (κ3) is 5.59. The van der Waals surface area contributed by atoms with E-state index in [2.05, 4.69) is 15.2 Å². The molecule has 1 aromatic heterocycles. The maximum Gasteiger partial charge on any atom is 0.226 e. The Bertz CT molecular complexity index is 969. The van der Waals surface area contributed by atoms with Gasteiger partial charge in [0, 0.05) is 44.2 Å². The lowest BCUT2D eigenvalue weighted by Crippen LogP contribution is -2.38. The quantitative estimate of drug-likeness (QED) is 0.447. The monoisotopic (exact) mass is 410 g/mol. The van der Waals surface area contributed by atoms with Crippen molar-refractivity contribution in [2.45, 2.75) is 19.9 Å². The van der Waals surface area contributed by atoms with Crippen LogP contribution in [0.25, 0.3) is 11.5 Å². The Morgan fingerprint density at radius 1 is 1.20 bits per heavy atom. The van der Waals surface area contributed by atoms with Crippen LogP contribution in [0.3, 0.4) is 0 Å². The van der Waals surface area contributed by atoms with Gasteiger partial charge in [-0.3, -0.25) is 4.99 Å². The summed E-state index contributed by atoms with van der Waals surface area (Å²) in [4.78, 5) is 11.3. The molecule has 158 valence electrons. The highest BCUT2D eigenvalue weighted by Crippen LogP contribution is 2.20. The molecule has 0 aliphatic rings. The number of para-hydroxylation sites is 1. The van der Waals surface area contributed by atoms with Crippen molar-refractivity contribution in [2.75, 3.05) is 27.2 Å². The van der Waals surface area contributed by atoms with Crippen molar-refractivity contribution in [1.82, 2.24) is 15.2 Å². The first-order valence-corrected chi connectivity index (χ1v) is 9.92. The van der Waals surface area contributed by atoms with E-state index in [1.165, 1.54) is 12.1 Å². The minimum atomic E-state index is -0.284. The first-order valence-electron chi connectivity index (χ1n) is 9.92. The van der Waals surface area contributed by atoms with E-state index in [1.54, 1.807) is 25.5 Å². The molecule has 0 aliphatic carbocycles. The Hall–Kier alpha value is -3.35. The van der Waals surface area contributed by atoms with Crippen LogP contribution in [0.2, 0.25) is 0 Å². The number of rotatable bonds is 8. The highest BCUT2D eigenvalue weighted by atomic mass is 19.1. The van der Waals surface area contributed by atoms with Gasteiger partial charge >= 0.3 is 0 Å². The maximum absolute atomic E-state index is 13.1. The van der Waals surface area contributed by atoms with Crippen LogP contribution in [-0.2, 0) is 13.0 Å². The zero-order valence-electron chi connectivity index (χ0n) is 17.6. The number of hydrogen-bond acceptors (Lipinski definition) is 4. The second-order valence-electron chi connectivity index (χ2n) is 6.80. The molecule has 0 fully saturated rings. The van der Waals surface area contributed by atoms with E-state index < -0.39 is 0 Å². The average molecular weight is 410 g/mol. The Labute approximate surface area is 176 Å². The fourth-order valence-electron chi connectivity index (χ4n) is 3.06. The summed E-state index contributed by atoms with van der Waals surface area (Å²) in [7, 11) is 3.67. The number of aliphatic imine (C=N–C) groups is 1. The summed E-state index contributed by atoms with van der Waals surface area (Å²) in [5.74, 6) is 1.86. The second kappa shape index (κ2) is 10.4. The van der Waals surface area contributed by atoms with Crippen LogP contribution in [0, 0.1) is 5.82 Å². The van der Waals surface area contributed by atoms with Crippen LogP contribution in [0.15, 0.2) is 64.2 Å². The fraction of sp³-hybridized carbons (Fsp3) is 0.304. The number of benzene rings is 2. The highest BCUT2D eigenvalue weighted by Gasteiger charge is 2.11. The van der Waals surface area contributed by atoms with Crippen molar-refractivity contribution in [3.05, 3.63) is 71.9 Å². The molecule has 0 radical (unpaired) electrons. The van der Waals surface area contributed by atoms with E-state index in [9.17, 15) is 4.39 Å². The van der Waals surface area contributed by atoms with Gasteiger partial charge in [-0.15, -0.1) is 0 Å². The first-order chi connectivity index (χ1) is 14.6. The normalized spacial score (nSPS) is 11.4. The molecular weight excluding hydrogens is 383 g/mol. The Morgan fingerprint density at radius 3 is 2.70 bits per heavy atom. The van der Waals surface area contributed by atoms with Crippen LogP contribution in [0.5, 0.6) is 5.75 Å². The van der Waals surface area contributed by atoms with Crippen LogP contribution in [0.4, 0.5) is 4.39 Å². The van der Waals surface area contributed by atoms with E-state index in [0.717, 1.165) is 35.1 Å². The van der Waals surface area contributed by atoms with Gasteiger partial charge in [-0.1, -0.05) is 18.2 Å². The zero-order chi connectivity index (χ0) is 21.3. The molecule has 0 aliphatic heterocycles. The lowest BCUT2D eigenvalue weighted by molar-refractivity contribution is 0.396. The van der Waals surface area contributed by atoms with Gasteiger partial charge in [0.2, 0.25) is 5.89 Å². The number of methoxy groups -OCH3 is 1. The van der Waals surface area contributed by atoms with Crippen molar-refractivity contribution < 1.29 is 13.5 Å². The second-order valence-corrected chi connectivity index (χ2v) is 6.80. The van der Waals surface area contributed by atoms with Gasteiger partial charge in [-0.05, 0) is 37.3 Å². The van der Waals surface area contributed by atoms with Gasteiger partial charge in [0.25, 0.3) is 0 Å². The predicted octanol–water partition coefficient (Wildman–Crippen LogP) is 4.13. The Balaban J connectivity index is 1.62. The summed E-state index contributed by atoms with van der Waals surface area (Å²) in [5, 5.41) is 3.32. The van der Waals surface area contributed by atoms with Crippen molar-refractivity contribution in [2.24, 2.45) is 4.99 Å². The molecule has 30 heavy (non-hydrogen) atoms. The lowest BCUT2D eigenvalue weighted by atomic mass is 10.2. The van der Waals surface area contributed by atoms with E-state index in [-0.39, 0.29) is 5.82 Å². The molecule has 3 aromatic rings. The molecular formula is C23H27FN4O2. The van der Waals surface area contributed by atoms with Crippen molar-refractivity contribution in [1.29, 1.82) is 0 Å². The summed E-state index contributed by atoms with van der Waals surface area (Å²) in [5.41, 5.74) is 2.64. The van der Waals surface area contributed by atoms with Gasteiger partial charge in [0.15, 0.2) is 5.96 Å². The number of oxazole rings is 1. The van der Waals surface area contributed by atoms with Crippen LogP contribution < -0.4 is 10.1 Å².